The molecule has 0 atom stereocenters. The molecule has 1 heterocycles. The number of benzene rings is 1. The molecule has 0 aliphatic carbocycles. The molecule has 0 N–H and O–H groups in total. The Morgan fingerprint density at radius 1 is 1.28 bits per heavy atom. The van der Waals surface area contributed by atoms with Crippen LogP contribution in [0.5, 0.6) is 0 Å². The van der Waals surface area contributed by atoms with E-state index in [1.807, 2.05) is 0 Å². The summed E-state index contributed by atoms with van der Waals surface area (Å²) in [6, 6.07) is 2.79. The predicted octanol–water partition coefficient (Wildman–Crippen LogP) is 3.41. The van der Waals surface area contributed by atoms with Crippen LogP contribution in [0.25, 0.3) is 0 Å². The summed E-state index contributed by atoms with van der Waals surface area (Å²) in [6.45, 7) is 3.60. The van der Waals surface area contributed by atoms with Crippen molar-refractivity contribution in [2.75, 3.05) is 23.7 Å². The highest BCUT2D eigenvalue weighted by molar-refractivity contribution is 7.92. The maximum Gasteiger partial charge on any atom is 0.423 e. The first-order chi connectivity index (χ1) is 11.5. The van der Waals surface area contributed by atoms with Crippen molar-refractivity contribution in [2.24, 2.45) is 0 Å². The van der Waals surface area contributed by atoms with Gasteiger partial charge in [-0.1, -0.05) is 13.8 Å². The van der Waals surface area contributed by atoms with E-state index in [-0.39, 0.29) is 24.5 Å². The Bertz CT molecular complexity index is 773. The van der Waals surface area contributed by atoms with E-state index in [0.717, 1.165) is 12.1 Å². The fraction of sp³-hybridized carbons (Fsp3) is 0.600. The lowest BCUT2D eigenvalue weighted by Crippen LogP contribution is -2.55. The van der Waals surface area contributed by atoms with Crippen LogP contribution in [0.4, 0.5) is 24.5 Å². The van der Waals surface area contributed by atoms with Crippen molar-refractivity contribution in [3.63, 3.8) is 0 Å². The van der Waals surface area contributed by atoms with Crippen molar-refractivity contribution in [1.82, 2.24) is 0 Å². The second kappa shape index (κ2) is 6.47. The zero-order valence-electron chi connectivity index (χ0n) is 13.8. The molecule has 6 nitrogen and oxygen atoms in total. The number of rotatable bonds is 4. The number of hydrogen-bond acceptors (Lipinski definition) is 5. The van der Waals surface area contributed by atoms with Gasteiger partial charge in [-0.15, -0.1) is 0 Å². The summed E-state index contributed by atoms with van der Waals surface area (Å²) < 4.78 is 63.2. The third-order valence-corrected chi connectivity index (χ3v) is 7.65. The van der Waals surface area contributed by atoms with Crippen molar-refractivity contribution in [2.45, 2.75) is 37.6 Å². The molecule has 1 saturated heterocycles. The fourth-order valence-corrected chi connectivity index (χ4v) is 5.34. The van der Waals surface area contributed by atoms with E-state index in [9.17, 15) is 31.7 Å². The van der Waals surface area contributed by atoms with Crippen LogP contribution >= 0.6 is 0 Å². The van der Waals surface area contributed by atoms with E-state index in [0.29, 0.717) is 12.8 Å². The molecule has 1 aliphatic heterocycles. The molecule has 25 heavy (non-hydrogen) atoms. The van der Waals surface area contributed by atoms with Crippen LogP contribution in [0, 0.1) is 10.1 Å². The molecule has 0 amide bonds. The summed E-state index contributed by atoms with van der Waals surface area (Å²) in [4.78, 5) is 11.3. The van der Waals surface area contributed by atoms with Crippen LogP contribution in [0.15, 0.2) is 18.2 Å². The van der Waals surface area contributed by atoms with E-state index in [1.54, 1.807) is 18.7 Å². The molecule has 0 unspecified atom stereocenters. The molecule has 0 spiro atoms. The molecule has 1 aromatic rings. The lowest BCUT2D eigenvalue weighted by Gasteiger charge is -2.42. The first-order valence-corrected chi connectivity index (χ1v) is 9.45. The number of sulfone groups is 1. The molecule has 2 rings (SSSR count). The van der Waals surface area contributed by atoms with Crippen LogP contribution in [-0.2, 0) is 16.0 Å². The van der Waals surface area contributed by atoms with Crippen molar-refractivity contribution in [3.05, 3.63) is 33.9 Å². The third kappa shape index (κ3) is 3.44. The monoisotopic (exact) mass is 380 g/mol. The Labute approximate surface area is 143 Å². The van der Waals surface area contributed by atoms with E-state index in [4.69, 9.17) is 0 Å². The topological polar surface area (TPSA) is 80.5 Å². The first kappa shape index (κ1) is 19.5. The van der Waals surface area contributed by atoms with E-state index in [1.165, 1.54) is 6.07 Å². The van der Waals surface area contributed by atoms with Crippen molar-refractivity contribution in [1.29, 1.82) is 0 Å². The van der Waals surface area contributed by atoms with Crippen molar-refractivity contribution < 1.29 is 26.5 Å². The number of hydrogen-bond donors (Lipinski definition) is 0. The lowest BCUT2D eigenvalue weighted by molar-refractivity contribution is -0.388. The molecule has 140 valence electrons. The zero-order chi connectivity index (χ0) is 19.0. The molecule has 0 aromatic heterocycles. The van der Waals surface area contributed by atoms with Gasteiger partial charge >= 0.3 is 6.18 Å². The largest absolute Gasteiger partial charge is 0.423 e. The smallest absolute Gasteiger partial charge is 0.369 e. The normalized spacial score (nSPS) is 19.6. The van der Waals surface area contributed by atoms with E-state index < -0.39 is 36.9 Å². The second-order valence-corrected chi connectivity index (χ2v) is 8.59. The number of nitrogens with zero attached hydrogens (tertiary/aromatic N) is 2. The van der Waals surface area contributed by atoms with Gasteiger partial charge < -0.3 is 4.90 Å². The van der Waals surface area contributed by atoms with Gasteiger partial charge in [0.05, 0.1) is 15.4 Å². The van der Waals surface area contributed by atoms with Crippen LogP contribution < -0.4 is 4.90 Å². The standard InChI is InChI=1S/C15H19F3N2O4S/c1-3-14(4-2)10-19(7-8-25(14,23)24)11-5-6-13(20(21)22)12(9-11)15(16,17)18/h5-6,9H,3-4,7-8,10H2,1-2H3. The number of anilines is 1. The SMILES string of the molecule is CCC1(CC)CN(c2ccc([N+](=O)[O-])c(C(F)(F)F)c2)CCS1(=O)=O. The summed E-state index contributed by atoms with van der Waals surface area (Å²) in [5.74, 6) is -0.160. The number of nitro groups is 1. The zero-order valence-corrected chi connectivity index (χ0v) is 14.7. The average molecular weight is 380 g/mol. The molecule has 0 bridgehead atoms. The molecule has 0 radical (unpaired) electrons. The van der Waals surface area contributed by atoms with Gasteiger partial charge in [0.25, 0.3) is 5.69 Å². The van der Waals surface area contributed by atoms with Gasteiger partial charge in [0.1, 0.15) is 5.56 Å². The Balaban J connectivity index is 2.48. The van der Waals surface area contributed by atoms with Gasteiger partial charge in [0.2, 0.25) is 0 Å². The Morgan fingerprint density at radius 3 is 2.36 bits per heavy atom. The highest BCUT2D eigenvalue weighted by atomic mass is 32.2. The summed E-state index contributed by atoms with van der Waals surface area (Å²) in [5, 5.41) is 10.8. The molecule has 1 fully saturated rings. The minimum absolute atomic E-state index is 0.0548. The van der Waals surface area contributed by atoms with Gasteiger partial charge in [-0.05, 0) is 25.0 Å². The number of halogens is 3. The lowest BCUT2D eigenvalue weighted by atomic mass is 10.0. The molecule has 0 saturated carbocycles. The Kier molecular flexibility index (Phi) is 5.04. The summed E-state index contributed by atoms with van der Waals surface area (Å²) >= 11 is 0. The van der Waals surface area contributed by atoms with Gasteiger partial charge in [-0.25, -0.2) is 8.42 Å². The van der Waals surface area contributed by atoms with E-state index >= 15 is 0 Å². The maximum absolute atomic E-state index is 13.1. The minimum atomic E-state index is -4.87. The van der Waals surface area contributed by atoms with E-state index in [2.05, 4.69) is 0 Å². The molecular weight excluding hydrogens is 361 g/mol. The number of nitro benzene ring substituents is 1. The van der Waals surface area contributed by atoms with Gasteiger partial charge in [0, 0.05) is 24.8 Å². The second-order valence-electron chi connectivity index (χ2n) is 6.09. The minimum Gasteiger partial charge on any atom is -0.369 e. The summed E-state index contributed by atoms with van der Waals surface area (Å²) in [7, 11) is -3.36. The maximum atomic E-state index is 13.1. The highest BCUT2D eigenvalue weighted by Gasteiger charge is 2.46. The van der Waals surface area contributed by atoms with Crippen molar-refractivity contribution >= 4 is 21.2 Å². The van der Waals surface area contributed by atoms with Crippen LogP contribution in [0.3, 0.4) is 0 Å². The molecule has 10 heteroatoms. The molecular formula is C15H19F3N2O4S. The first-order valence-electron chi connectivity index (χ1n) is 7.80. The highest BCUT2D eigenvalue weighted by Crippen LogP contribution is 2.40. The quantitative estimate of drug-likeness (QED) is 0.591. The van der Waals surface area contributed by atoms with Gasteiger partial charge in [-0.2, -0.15) is 13.2 Å². The van der Waals surface area contributed by atoms with Gasteiger partial charge in [0.15, 0.2) is 9.84 Å². The summed E-state index contributed by atoms with van der Waals surface area (Å²) in [6.07, 6.45) is -4.17. The molecule has 1 aliphatic rings. The van der Waals surface area contributed by atoms with Crippen molar-refractivity contribution in [3.8, 4) is 0 Å². The Hall–Kier alpha value is -1.84. The van der Waals surface area contributed by atoms with Crippen LogP contribution in [0.1, 0.15) is 32.3 Å². The summed E-state index contributed by atoms with van der Waals surface area (Å²) in [5.41, 5.74) is -2.21. The van der Waals surface area contributed by atoms with Crippen LogP contribution in [-0.4, -0.2) is 36.9 Å². The molecule has 1 aromatic carbocycles. The Morgan fingerprint density at radius 2 is 1.88 bits per heavy atom. The predicted molar refractivity (Wildman–Crippen MR) is 87.4 cm³/mol. The van der Waals surface area contributed by atoms with Gasteiger partial charge in [-0.3, -0.25) is 10.1 Å². The van der Waals surface area contributed by atoms with Crippen LogP contribution in [0.2, 0.25) is 0 Å². The number of alkyl halides is 3. The average Bonchev–Trinajstić information content (AvgIpc) is 2.53. The third-order valence-electron chi connectivity index (χ3n) is 4.90. The fourth-order valence-electron chi connectivity index (χ4n) is 3.21.